The van der Waals surface area contributed by atoms with Crippen molar-refractivity contribution in [3.63, 3.8) is 0 Å². The molecule has 1 N–H and O–H groups in total. The number of nitrogens with one attached hydrogen (secondary N) is 1. The lowest BCUT2D eigenvalue weighted by atomic mass is 9.89. The maximum atomic E-state index is 14.9. The van der Waals surface area contributed by atoms with E-state index >= 15 is 0 Å². The van der Waals surface area contributed by atoms with Gasteiger partial charge in [0, 0.05) is 44.4 Å². The van der Waals surface area contributed by atoms with Gasteiger partial charge < -0.3 is 19.9 Å². The number of alkyl halides is 2. The van der Waals surface area contributed by atoms with Crippen molar-refractivity contribution in [1.82, 2.24) is 20.2 Å². The van der Waals surface area contributed by atoms with Crippen LogP contribution in [0.3, 0.4) is 0 Å². The summed E-state index contributed by atoms with van der Waals surface area (Å²) in [6.07, 6.45) is 2.04. The van der Waals surface area contributed by atoms with Gasteiger partial charge in [-0.2, -0.15) is 5.26 Å². The zero-order valence-corrected chi connectivity index (χ0v) is 23.5. The van der Waals surface area contributed by atoms with Crippen LogP contribution in [0.15, 0.2) is 24.5 Å². The van der Waals surface area contributed by atoms with Crippen LogP contribution in [-0.4, -0.2) is 70.6 Å². The van der Waals surface area contributed by atoms with E-state index in [1.807, 2.05) is 26.8 Å². The topological polar surface area (TPSA) is 111 Å². The molecule has 212 valence electrons. The van der Waals surface area contributed by atoms with Crippen LogP contribution >= 0.6 is 0 Å². The molecule has 2 aliphatic rings. The van der Waals surface area contributed by atoms with Crippen LogP contribution in [-0.2, 0) is 9.53 Å². The van der Waals surface area contributed by atoms with Gasteiger partial charge >= 0.3 is 6.09 Å². The first-order valence-corrected chi connectivity index (χ1v) is 13.4. The minimum atomic E-state index is -3.19. The van der Waals surface area contributed by atoms with Gasteiger partial charge in [-0.3, -0.25) is 14.8 Å². The highest BCUT2D eigenvalue weighted by atomic mass is 19.3. The van der Waals surface area contributed by atoms with Crippen molar-refractivity contribution < 1.29 is 23.1 Å². The van der Waals surface area contributed by atoms with Gasteiger partial charge in [-0.25, -0.2) is 13.6 Å². The maximum Gasteiger partial charge on any atom is 0.410 e. The third kappa shape index (κ3) is 7.11. The first-order valence-electron chi connectivity index (χ1n) is 13.4. The normalized spacial score (nSPS) is 22.5. The Bertz CT molecular complexity index is 1230. The molecule has 4 rings (SSSR count). The predicted octanol–water partition coefficient (Wildman–Crippen LogP) is 4.75. The van der Waals surface area contributed by atoms with Crippen LogP contribution in [0.5, 0.6) is 0 Å². The molecule has 3 heterocycles. The Kier molecular flexibility index (Phi) is 9.30. The van der Waals surface area contributed by atoms with Gasteiger partial charge in [-0.15, -0.1) is 0 Å². The van der Waals surface area contributed by atoms with Gasteiger partial charge in [0.1, 0.15) is 22.7 Å². The zero-order chi connectivity index (χ0) is 29.0. The number of halogens is 2. The van der Waals surface area contributed by atoms with E-state index in [2.05, 4.69) is 26.3 Å². The minimum absolute atomic E-state index is 0.0158. The standard InChI is InChI=1S/C26H32F2N6O3.C2H6/c1-16-13-34(20-6-5-17(12-29)22-23(20)31-9-8-30-22)14-19(16)32-21(35)11-18-7-10-33(15-26(18,27)28)24(36)37-25(2,3)4;1-2/h5-6,8-9,16,18-19H,7,10-11,13-15H2,1-4H3,(H,32,35);1-2H3. The van der Waals surface area contributed by atoms with Crippen LogP contribution in [0, 0.1) is 23.2 Å². The van der Waals surface area contributed by atoms with Gasteiger partial charge in [-0.05, 0) is 45.2 Å². The molecule has 2 fully saturated rings. The molecule has 0 aliphatic carbocycles. The fourth-order valence-electron chi connectivity index (χ4n) is 4.95. The van der Waals surface area contributed by atoms with E-state index in [-0.39, 0.29) is 31.3 Å². The van der Waals surface area contributed by atoms with Crippen molar-refractivity contribution in [2.75, 3.05) is 31.1 Å². The maximum absolute atomic E-state index is 14.9. The van der Waals surface area contributed by atoms with Crippen LogP contribution in [0.2, 0.25) is 0 Å². The van der Waals surface area contributed by atoms with Crippen molar-refractivity contribution >= 4 is 28.7 Å². The lowest BCUT2D eigenvalue weighted by Crippen LogP contribution is -2.53. The number of aromatic nitrogens is 2. The van der Waals surface area contributed by atoms with Crippen LogP contribution in [0.25, 0.3) is 11.0 Å². The Morgan fingerprint density at radius 2 is 1.85 bits per heavy atom. The molecule has 2 amide bonds. The quantitative estimate of drug-likeness (QED) is 0.591. The average Bonchev–Trinajstić information content (AvgIpc) is 3.24. The fraction of sp³-hybridized carbons (Fsp3) is 0.607. The summed E-state index contributed by atoms with van der Waals surface area (Å²) in [6.45, 7) is 11.5. The van der Waals surface area contributed by atoms with Gasteiger partial charge in [0.05, 0.1) is 23.8 Å². The monoisotopic (exact) mass is 544 g/mol. The SMILES string of the molecule is CC.CC1CN(c2ccc(C#N)c3nccnc23)CC1NC(=O)CC1CCN(C(=O)OC(C)(C)C)CC1(F)F. The van der Waals surface area contributed by atoms with Crippen LogP contribution < -0.4 is 10.2 Å². The van der Waals surface area contributed by atoms with E-state index in [0.29, 0.717) is 29.7 Å². The number of nitrogens with zero attached hydrogens (tertiary/aromatic N) is 5. The molecule has 3 atom stereocenters. The Morgan fingerprint density at radius 1 is 1.18 bits per heavy atom. The number of carbonyl (C=O) groups is 2. The number of hydrogen-bond donors (Lipinski definition) is 1. The number of amides is 2. The number of ether oxygens (including phenoxy) is 1. The molecule has 0 radical (unpaired) electrons. The summed E-state index contributed by atoms with van der Waals surface area (Å²) in [4.78, 5) is 36.8. The molecular formula is C28H38F2N6O3. The molecule has 11 heteroatoms. The number of rotatable bonds is 4. The Labute approximate surface area is 228 Å². The molecule has 0 spiro atoms. The minimum Gasteiger partial charge on any atom is -0.444 e. The van der Waals surface area contributed by atoms with Crippen molar-refractivity contribution in [2.24, 2.45) is 11.8 Å². The number of hydrogen-bond acceptors (Lipinski definition) is 7. The summed E-state index contributed by atoms with van der Waals surface area (Å²) in [5.41, 5.74) is 1.60. The molecule has 3 unspecified atom stereocenters. The smallest absolute Gasteiger partial charge is 0.410 e. The number of likely N-dealkylation sites (tertiary alicyclic amines) is 1. The van der Waals surface area contributed by atoms with Gasteiger partial charge in [-0.1, -0.05) is 20.8 Å². The molecule has 2 saturated heterocycles. The third-order valence-electron chi connectivity index (χ3n) is 6.85. The molecule has 0 saturated carbocycles. The van der Waals surface area contributed by atoms with Gasteiger partial charge in [0.2, 0.25) is 5.91 Å². The largest absolute Gasteiger partial charge is 0.444 e. The van der Waals surface area contributed by atoms with Crippen molar-refractivity contribution in [1.29, 1.82) is 5.26 Å². The lowest BCUT2D eigenvalue weighted by molar-refractivity contribution is -0.136. The van der Waals surface area contributed by atoms with Gasteiger partial charge in [0.15, 0.2) is 0 Å². The highest BCUT2D eigenvalue weighted by Crippen LogP contribution is 2.36. The van der Waals surface area contributed by atoms with Gasteiger partial charge in [0.25, 0.3) is 5.92 Å². The molecule has 2 aromatic rings. The Hall–Kier alpha value is -3.55. The zero-order valence-electron chi connectivity index (χ0n) is 23.5. The predicted molar refractivity (Wildman–Crippen MR) is 144 cm³/mol. The van der Waals surface area contributed by atoms with E-state index in [9.17, 15) is 23.6 Å². The number of fused-ring (bicyclic) bond motifs is 1. The molecule has 1 aromatic heterocycles. The number of carbonyl (C=O) groups excluding carboxylic acids is 2. The highest BCUT2D eigenvalue weighted by Gasteiger charge is 2.47. The number of piperidine rings is 1. The van der Waals surface area contributed by atoms with Crippen molar-refractivity contribution in [3.8, 4) is 6.07 Å². The summed E-state index contributed by atoms with van der Waals surface area (Å²) in [6, 6.07) is 5.42. The first-order chi connectivity index (χ1) is 18.4. The molecule has 0 bridgehead atoms. The summed E-state index contributed by atoms with van der Waals surface area (Å²) in [5, 5.41) is 12.3. The van der Waals surface area contributed by atoms with Crippen molar-refractivity contribution in [2.45, 2.75) is 71.9 Å². The summed E-state index contributed by atoms with van der Waals surface area (Å²) < 4.78 is 35.0. The lowest BCUT2D eigenvalue weighted by Gasteiger charge is -2.38. The number of benzene rings is 1. The van der Waals surface area contributed by atoms with E-state index < -0.39 is 36.0 Å². The molecule has 39 heavy (non-hydrogen) atoms. The third-order valence-corrected chi connectivity index (χ3v) is 6.85. The Morgan fingerprint density at radius 3 is 2.46 bits per heavy atom. The van der Waals surface area contributed by atoms with Crippen molar-refractivity contribution in [3.05, 3.63) is 30.1 Å². The van der Waals surface area contributed by atoms with E-state index in [1.54, 1.807) is 33.0 Å². The molecular weight excluding hydrogens is 506 g/mol. The Balaban J connectivity index is 0.00000205. The molecule has 2 aliphatic heterocycles. The molecule has 1 aromatic carbocycles. The number of anilines is 1. The van der Waals surface area contributed by atoms with E-state index in [4.69, 9.17) is 4.74 Å². The fourth-order valence-corrected chi connectivity index (χ4v) is 4.95. The highest BCUT2D eigenvalue weighted by molar-refractivity contribution is 5.92. The van der Waals surface area contributed by atoms with Crippen LogP contribution in [0.1, 0.15) is 59.9 Å². The van der Waals surface area contributed by atoms with E-state index in [0.717, 1.165) is 10.6 Å². The van der Waals surface area contributed by atoms with Crippen LogP contribution in [0.4, 0.5) is 19.3 Å². The summed E-state index contributed by atoms with van der Waals surface area (Å²) in [7, 11) is 0. The molecule has 9 nitrogen and oxygen atoms in total. The average molecular weight is 545 g/mol. The first kappa shape index (κ1) is 30.0. The second kappa shape index (κ2) is 12.1. The second-order valence-electron chi connectivity index (χ2n) is 10.9. The van der Waals surface area contributed by atoms with E-state index in [1.165, 1.54) is 6.20 Å². The number of nitriles is 1. The summed E-state index contributed by atoms with van der Waals surface area (Å²) in [5.74, 6) is -4.71. The second-order valence-corrected chi connectivity index (χ2v) is 10.9. The summed E-state index contributed by atoms with van der Waals surface area (Å²) >= 11 is 0.